The number of hydrogen-bond donors (Lipinski definition) is 3. The molecule has 3 amide bonds. The van der Waals surface area contributed by atoms with E-state index in [4.69, 9.17) is 19.9 Å². The van der Waals surface area contributed by atoms with Crippen molar-refractivity contribution in [1.29, 1.82) is 0 Å². The third-order valence-electron chi connectivity index (χ3n) is 8.00. The average Bonchev–Trinajstić information content (AvgIpc) is 3.51. The highest BCUT2D eigenvalue weighted by atomic mass is 19.3. The Kier molecular flexibility index (Phi) is 7.59. The quantitative estimate of drug-likeness (QED) is 0.303. The molecule has 4 heterocycles. The van der Waals surface area contributed by atoms with E-state index in [2.05, 4.69) is 25.1 Å². The van der Waals surface area contributed by atoms with Gasteiger partial charge in [0.05, 0.1) is 24.4 Å². The minimum atomic E-state index is -3.81. The second-order valence-electron chi connectivity index (χ2n) is 11.2. The van der Waals surface area contributed by atoms with E-state index in [0.717, 1.165) is 0 Å². The van der Waals surface area contributed by atoms with Crippen LogP contribution in [0.3, 0.4) is 0 Å². The number of hydrogen-bond acceptors (Lipinski definition) is 9. The predicted molar refractivity (Wildman–Crippen MR) is 152 cm³/mol. The van der Waals surface area contributed by atoms with Crippen molar-refractivity contribution in [2.45, 2.75) is 50.0 Å². The Morgan fingerprint density at radius 3 is 2.56 bits per heavy atom. The molecule has 0 unspecified atom stereocenters. The lowest BCUT2D eigenvalue weighted by Crippen LogP contribution is -2.46. The fourth-order valence-corrected chi connectivity index (χ4v) is 5.52. The summed E-state index contributed by atoms with van der Waals surface area (Å²) in [4.78, 5) is 41.8. The molecule has 6 rings (SSSR count). The summed E-state index contributed by atoms with van der Waals surface area (Å²) in [6.07, 6.45) is -2.08. The van der Waals surface area contributed by atoms with Gasteiger partial charge in [-0.05, 0) is 43.7 Å². The van der Waals surface area contributed by atoms with Crippen LogP contribution in [-0.4, -0.2) is 49.3 Å². The summed E-state index contributed by atoms with van der Waals surface area (Å²) < 4.78 is 53.9. The largest absolute Gasteiger partial charge is 0.586 e. The third-order valence-corrected chi connectivity index (χ3v) is 8.00. The van der Waals surface area contributed by atoms with Crippen molar-refractivity contribution in [3.8, 4) is 28.7 Å². The highest BCUT2D eigenvalue weighted by Gasteiger charge is 2.49. The molecule has 0 fully saturated rings. The summed E-state index contributed by atoms with van der Waals surface area (Å²) in [7, 11) is 1.53. The van der Waals surface area contributed by atoms with Crippen molar-refractivity contribution in [1.82, 2.24) is 15.6 Å². The van der Waals surface area contributed by atoms with Gasteiger partial charge in [0, 0.05) is 48.8 Å². The van der Waals surface area contributed by atoms with E-state index < -0.39 is 35.7 Å². The smallest absolute Gasteiger partial charge is 0.497 e. The van der Waals surface area contributed by atoms with Gasteiger partial charge >= 0.3 is 6.29 Å². The van der Waals surface area contributed by atoms with Crippen LogP contribution >= 0.6 is 0 Å². The summed E-state index contributed by atoms with van der Waals surface area (Å²) >= 11 is 0. The van der Waals surface area contributed by atoms with Crippen molar-refractivity contribution in [2.75, 3.05) is 20.3 Å². The second kappa shape index (κ2) is 11.4. The van der Waals surface area contributed by atoms with Crippen LogP contribution in [0.2, 0.25) is 0 Å². The number of fused-ring (bicyclic) bond motifs is 3. The molecule has 12 nitrogen and oxygen atoms in total. The van der Waals surface area contributed by atoms with Crippen LogP contribution in [-0.2, 0) is 15.0 Å². The Labute approximate surface area is 256 Å². The van der Waals surface area contributed by atoms with Gasteiger partial charge < -0.3 is 40.1 Å². The number of primary amides is 1. The van der Waals surface area contributed by atoms with Crippen LogP contribution in [0.15, 0.2) is 48.7 Å². The third kappa shape index (κ3) is 5.87. The van der Waals surface area contributed by atoms with Gasteiger partial charge in [0.15, 0.2) is 11.5 Å². The zero-order valence-electron chi connectivity index (χ0n) is 24.4. The van der Waals surface area contributed by atoms with Gasteiger partial charge in [-0.2, -0.15) is 0 Å². The van der Waals surface area contributed by atoms with Crippen LogP contribution in [0, 0.1) is 0 Å². The van der Waals surface area contributed by atoms with E-state index in [1.54, 1.807) is 37.3 Å². The molecule has 0 radical (unpaired) electrons. The maximum atomic E-state index is 13.9. The number of methoxy groups -OCH3 is 1. The molecule has 3 atom stereocenters. The molecule has 3 aliphatic heterocycles. The Hall–Kier alpha value is -5.14. The van der Waals surface area contributed by atoms with Crippen molar-refractivity contribution in [3.63, 3.8) is 0 Å². The Morgan fingerprint density at radius 2 is 1.84 bits per heavy atom. The Balaban J connectivity index is 1.21. The first kappa shape index (κ1) is 29.9. The Morgan fingerprint density at radius 1 is 1.07 bits per heavy atom. The minimum Gasteiger partial charge on any atom is -0.497 e. The second-order valence-corrected chi connectivity index (χ2v) is 11.2. The zero-order chi connectivity index (χ0) is 31.9. The van der Waals surface area contributed by atoms with Crippen molar-refractivity contribution >= 4 is 17.7 Å². The number of ether oxygens (including phenoxy) is 5. The van der Waals surface area contributed by atoms with Crippen molar-refractivity contribution < 1.29 is 46.8 Å². The van der Waals surface area contributed by atoms with Gasteiger partial charge in [-0.1, -0.05) is 0 Å². The molecule has 0 saturated heterocycles. The highest BCUT2D eigenvalue weighted by molar-refractivity contribution is 5.94. The van der Waals surface area contributed by atoms with E-state index in [9.17, 15) is 23.2 Å². The number of halogens is 2. The van der Waals surface area contributed by atoms with E-state index in [1.807, 2.05) is 0 Å². The van der Waals surface area contributed by atoms with Crippen molar-refractivity contribution in [3.05, 3.63) is 71.0 Å². The first-order valence-corrected chi connectivity index (χ1v) is 14.2. The normalized spacial score (nSPS) is 21.9. The van der Waals surface area contributed by atoms with Crippen LogP contribution < -0.4 is 40.1 Å². The predicted octanol–water partition coefficient (Wildman–Crippen LogP) is 3.44. The first-order valence-electron chi connectivity index (χ1n) is 14.2. The molecule has 0 saturated carbocycles. The zero-order valence-corrected chi connectivity index (χ0v) is 24.4. The lowest BCUT2D eigenvalue weighted by molar-refractivity contribution is -0.286. The van der Waals surface area contributed by atoms with Crippen molar-refractivity contribution in [2.24, 2.45) is 5.73 Å². The van der Waals surface area contributed by atoms with E-state index in [1.165, 1.54) is 25.4 Å². The number of nitrogens with one attached hydrogen (secondary N) is 2. The number of alkyl halides is 2. The Bertz CT molecular complexity index is 1670. The van der Waals surface area contributed by atoms with Gasteiger partial charge in [0.1, 0.15) is 35.4 Å². The molecule has 4 N–H and O–H groups in total. The number of nitrogens with zero attached hydrogens (tertiary/aromatic N) is 1. The molecule has 14 heteroatoms. The van der Waals surface area contributed by atoms with Gasteiger partial charge in [0.25, 0.3) is 5.91 Å². The molecular formula is C31H30F2N4O8. The van der Waals surface area contributed by atoms with Gasteiger partial charge in [0.2, 0.25) is 11.8 Å². The van der Waals surface area contributed by atoms with Gasteiger partial charge in [-0.15, -0.1) is 8.78 Å². The topological polar surface area (TPSA) is 160 Å². The molecule has 1 aromatic heterocycles. The van der Waals surface area contributed by atoms with E-state index >= 15 is 0 Å². The number of nitrogens with two attached hydrogens (primary N) is 1. The van der Waals surface area contributed by atoms with Crippen LogP contribution in [0.25, 0.3) is 0 Å². The van der Waals surface area contributed by atoms with Crippen LogP contribution in [0.1, 0.15) is 65.5 Å². The molecule has 0 aliphatic carbocycles. The molecular weight excluding hydrogens is 594 g/mol. The fraction of sp³-hybridized carbons (Fsp3) is 0.355. The SMILES string of the molecule is COc1ccc2c(c1)O[C@@H](c1ccc(C(=O)NCCCC(N)=O)cn1)C[C@H]2NC(=O)[C@@]1(C)COc2cc3c(cc21)OC(F)(F)O3. The summed E-state index contributed by atoms with van der Waals surface area (Å²) in [5.74, 6) is -0.242. The lowest BCUT2D eigenvalue weighted by atomic mass is 9.82. The number of aromatic nitrogens is 1. The number of rotatable bonds is 9. The summed E-state index contributed by atoms with van der Waals surface area (Å²) in [5, 5.41) is 5.82. The lowest BCUT2D eigenvalue weighted by Gasteiger charge is -2.34. The number of carbonyl (C=O) groups excluding carboxylic acids is 3. The van der Waals surface area contributed by atoms with E-state index in [-0.39, 0.29) is 36.2 Å². The molecule has 236 valence electrons. The van der Waals surface area contributed by atoms with E-state index in [0.29, 0.717) is 53.3 Å². The van der Waals surface area contributed by atoms with Gasteiger partial charge in [-0.25, -0.2) is 0 Å². The first-order chi connectivity index (χ1) is 21.5. The molecule has 45 heavy (non-hydrogen) atoms. The monoisotopic (exact) mass is 624 g/mol. The number of amides is 3. The maximum absolute atomic E-state index is 13.9. The molecule has 3 aromatic rings. The van der Waals surface area contributed by atoms with Crippen LogP contribution in [0.5, 0.6) is 28.7 Å². The highest BCUT2D eigenvalue weighted by Crippen LogP contribution is 2.50. The minimum absolute atomic E-state index is 0.0246. The number of carbonyl (C=O) groups is 3. The molecule has 3 aliphatic rings. The number of benzene rings is 2. The fourth-order valence-electron chi connectivity index (χ4n) is 5.52. The van der Waals surface area contributed by atoms with Gasteiger partial charge in [-0.3, -0.25) is 19.4 Å². The standard InChI is InChI=1S/C31H30F2N4O8/c1-30(15-42-23-13-26-25(11-19(23)30)44-31(32,33)45-26)29(40)37-21-12-24(43-22-10-17(41-2)6-7-18(21)22)20-8-5-16(14-36-20)28(39)35-9-3-4-27(34)38/h5-8,10-11,13-14,21,24H,3-4,9,12,15H2,1-2H3,(H2,34,38)(H,35,39)(H,37,40)/t21-,24-,30+/m1/s1. The maximum Gasteiger partial charge on any atom is 0.586 e. The molecule has 0 spiro atoms. The summed E-state index contributed by atoms with van der Waals surface area (Å²) in [6, 6.07) is 10.7. The molecule has 0 bridgehead atoms. The number of pyridine rings is 1. The van der Waals surface area contributed by atoms with Crippen LogP contribution in [0.4, 0.5) is 8.78 Å². The molecule has 2 aromatic carbocycles. The summed E-state index contributed by atoms with van der Waals surface area (Å²) in [5.41, 5.74) is 5.86. The average molecular weight is 625 g/mol. The summed E-state index contributed by atoms with van der Waals surface area (Å²) in [6.45, 7) is 1.93.